The van der Waals surface area contributed by atoms with E-state index >= 15 is 0 Å². The lowest BCUT2D eigenvalue weighted by Gasteiger charge is -2.11. The standard InChI is InChI=1S/C15H19NO2.ClH/c1-16(2)9-10-7-8-12-11-5-3-4-6-13(11)18-15(12)14(10)17;/h7-8,17H,3-6,9H2,1-2H3;1H. The lowest BCUT2D eigenvalue weighted by atomic mass is 9.95. The van der Waals surface area contributed by atoms with Crippen LogP contribution in [0.25, 0.3) is 11.0 Å². The molecule has 0 saturated heterocycles. The van der Waals surface area contributed by atoms with Crippen LogP contribution in [0.5, 0.6) is 5.75 Å². The van der Waals surface area contributed by atoms with Crippen LogP contribution in [0.1, 0.15) is 29.7 Å². The number of phenols is 1. The fourth-order valence-electron chi connectivity index (χ4n) is 2.82. The predicted molar refractivity (Wildman–Crippen MR) is 79.2 cm³/mol. The Kier molecular flexibility index (Phi) is 4.07. The van der Waals surface area contributed by atoms with Gasteiger partial charge in [0, 0.05) is 29.5 Å². The third-order valence-corrected chi connectivity index (χ3v) is 3.67. The number of fused-ring (bicyclic) bond motifs is 3. The Morgan fingerprint density at radius 3 is 2.68 bits per heavy atom. The molecule has 1 aliphatic carbocycles. The van der Waals surface area contributed by atoms with E-state index in [-0.39, 0.29) is 12.4 Å². The molecule has 104 valence electrons. The molecule has 0 aliphatic heterocycles. The van der Waals surface area contributed by atoms with Crippen molar-refractivity contribution in [3.8, 4) is 5.75 Å². The summed E-state index contributed by atoms with van der Waals surface area (Å²) in [6, 6.07) is 4.11. The summed E-state index contributed by atoms with van der Waals surface area (Å²) in [5.41, 5.74) is 2.92. The highest BCUT2D eigenvalue weighted by Crippen LogP contribution is 2.38. The van der Waals surface area contributed by atoms with Crippen molar-refractivity contribution >= 4 is 23.4 Å². The molecule has 0 spiro atoms. The Labute approximate surface area is 119 Å². The molecule has 1 N–H and O–H groups in total. The number of hydrogen-bond acceptors (Lipinski definition) is 3. The Bertz CT molecular complexity index is 589. The summed E-state index contributed by atoms with van der Waals surface area (Å²) >= 11 is 0. The van der Waals surface area contributed by atoms with Crippen LogP contribution in [0.2, 0.25) is 0 Å². The number of hydrogen-bond donors (Lipinski definition) is 1. The monoisotopic (exact) mass is 281 g/mol. The number of furan rings is 1. The smallest absolute Gasteiger partial charge is 0.176 e. The molecular weight excluding hydrogens is 262 g/mol. The molecule has 0 amide bonds. The summed E-state index contributed by atoms with van der Waals surface area (Å²) in [6.07, 6.45) is 4.50. The van der Waals surface area contributed by atoms with Crippen LogP contribution < -0.4 is 0 Å². The minimum Gasteiger partial charge on any atom is -0.504 e. The maximum absolute atomic E-state index is 10.3. The van der Waals surface area contributed by atoms with E-state index in [2.05, 4.69) is 6.07 Å². The average Bonchev–Trinajstić information content (AvgIpc) is 2.72. The van der Waals surface area contributed by atoms with Gasteiger partial charge in [-0.25, -0.2) is 0 Å². The number of halogens is 1. The highest BCUT2D eigenvalue weighted by Gasteiger charge is 2.20. The maximum atomic E-state index is 10.3. The van der Waals surface area contributed by atoms with Crippen LogP contribution in [0, 0.1) is 0 Å². The first kappa shape index (κ1) is 14.2. The Morgan fingerprint density at radius 1 is 1.21 bits per heavy atom. The zero-order valence-corrected chi connectivity index (χ0v) is 12.2. The predicted octanol–water partition coefficient (Wildman–Crippen LogP) is 3.50. The van der Waals surface area contributed by atoms with Gasteiger partial charge in [-0.05, 0) is 33.4 Å². The first-order chi connectivity index (χ1) is 8.66. The van der Waals surface area contributed by atoms with E-state index in [0.717, 1.165) is 36.1 Å². The molecule has 1 aromatic heterocycles. The van der Waals surface area contributed by atoms with Crippen LogP contribution in [0.4, 0.5) is 0 Å². The van der Waals surface area contributed by atoms with Gasteiger partial charge in [0.2, 0.25) is 0 Å². The van der Waals surface area contributed by atoms with Gasteiger partial charge in [0.25, 0.3) is 0 Å². The second kappa shape index (κ2) is 5.43. The van der Waals surface area contributed by atoms with Crippen LogP contribution in [0.3, 0.4) is 0 Å². The quantitative estimate of drug-likeness (QED) is 0.915. The zero-order valence-electron chi connectivity index (χ0n) is 11.4. The minimum atomic E-state index is 0. The summed E-state index contributed by atoms with van der Waals surface area (Å²) < 4.78 is 5.87. The number of aryl methyl sites for hydroxylation is 2. The third kappa shape index (κ3) is 2.45. The molecule has 19 heavy (non-hydrogen) atoms. The number of rotatable bonds is 2. The molecule has 1 aromatic carbocycles. The summed E-state index contributed by atoms with van der Waals surface area (Å²) in [4.78, 5) is 2.05. The average molecular weight is 282 g/mol. The van der Waals surface area contributed by atoms with Crippen LogP contribution in [-0.4, -0.2) is 24.1 Å². The van der Waals surface area contributed by atoms with Gasteiger partial charge in [0.1, 0.15) is 5.76 Å². The largest absolute Gasteiger partial charge is 0.504 e. The van der Waals surface area contributed by atoms with E-state index in [0.29, 0.717) is 11.3 Å². The highest BCUT2D eigenvalue weighted by atomic mass is 35.5. The molecule has 3 nitrogen and oxygen atoms in total. The molecule has 0 fully saturated rings. The summed E-state index contributed by atoms with van der Waals surface area (Å²) in [6.45, 7) is 0.729. The van der Waals surface area contributed by atoms with Crippen molar-refractivity contribution in [2.24, 2.45) is 0 Å². The van der Waals surface area contributed by atoms with Crippen LogP contribution in [-0.2, 0) is 19.4 Å². The van der Waals surface area contributed by atoms with Gasteiger partial charge in [-0.3, -0.25) is 0 Å². The maximum Gasteiger partial charge on any atom is 0.176 e. The molecule has 0 atom stereocenters. The van der Waals surface area contributed by atoms with Crippen molar-refractivity contribution in [2.75, 3.05) is 14.1 Å². The van der Waals surface area contributed by atoms with Crippen molar-refractivity contribution < 1.29 is 9.52 Å². The molecule has 3 rings (SSSR count). The van der Waals surface area contributed by atoms with Crippen molar-refractivity contribution in [1.29, 1.82) is 0 Å². The summed E-state index contributed by atoms with van der Waals surface area (Å²) in [7, 11) is 3.99. The molecule has 0 bridgehead atoms. The molecule has 0 radical (unpaired) electrons. The lowest BCUT2D eigenvalue weighted by molar-refractivity contribution is 0.384. The molecule has 1 heterocycles. The van der Waals surface area contributed by atoms with Gasteiger partial charge in [-0.15, -0.1) is 12.4 Å². The Hall–Kier alpha value is -1.19. The Morgan fingerprint density at radius 2 is 1.95 bits per heavy atom. The van der Waals surface area contributed by atoms with E-state index in [4.69, 9.17) is 4.42 Å². The van der Waals surface area contributed by atoms with Gasteiger partial charge >= 0.3 is 0 Å². The second-order valence-corrected chi connectivity index (χ2v) is 5.40. The zero-order chi connectivity index (χ0) is 12.7. The topological polar surface area (TPSA) is 36.6 Å². The van der Waals surface area contributed by atoms with E-state index in [1.54, 1.807) is 0 Å². The lowest BCUT2D eigenvalue weighted by Crippen LogP contribution is -2.10. The molecule has 0 saturated carbocycles. The van der Waals surface area contributed by atoms with Crippen molar-refractivity contribution in [1.82, 2.24) is 4.90 Å². The SMILES string of the molecule is CN(C)Cc1ccc2c3c(oc2c1O)CCCC3.Cl. The molecule has 4 heteroatoms. The summed E-state index contributed by atoms with van der Waals surface area (Å²) in [5.74, 6) is 1.39. The van der Waals surface area contributed by atoms with Crippen molar-refractivity contribution in [2.45, 2.75) is 32.2 Å². The van der Waals surface area contributed by atoms with E-state index in [1.807, 2.05) is 25.1 Å². The highest BCUT2D eigenvalue weighted by molar-refractivity contribution is 5.88. The van der Waals surface area contributed by atoms with E-state index in [1.165, 1.54) is 18.4 Å². The van der Waals surface area contributed by atoms with Gasteiger partial charge < -0.3 is 14.4 Å². The van der Waals surface area contributed by atoms with Gasteiger partial charge in [0.05, 0.1) is 0 Å². The number of aromatic hydroxyl groups is 1. The number of benzene rings is 1. The molecule has 1 aliphatic rings. The fourth-order valence-corrected chi connectivity index (χ4v) is 2.82. The van der Waals surface area contributed by atoms with Crippen molar-refractivity contribution in [3.05, 3.63) is 29.0 Å². The van der Waals surface area contributed by atoms with Crippen LogP contribution >= 0.6 is 12.4 Å². The molecular formula is C15H20ClNO2. The minimum absolute atomic E-state index is 0. The van der Waals surface area contributed by atoms with Gasteiger partial charge in [-0.2, -0.15) is 0 Å². The van der Waals surface area contributed by atoms with Gasteiger partial charge in [0.15, 0.2) is 11.3 Å². The van der Waals surface area contributed by atoms with E-state index in [9.17, 15) is 5.11 Å². The number of nitrogens with zero attached hydrogens (tertiary/aromatic N) is 1. The Balaban J connectivity index is 0.00000133. The summed E-state index contributed by atoms with van der Waals surface area (Å²) in [5, 5.41) is 11.4. The van der Waals surface area contributed by atoms with Crippen molar-refractivity contribution in [3.63, 3.8) is 0 Å². The normalized spacial score (nSPS) is 14.5. The van der Waals surface area contributed by atoms with Crippen LogP contribution in [0.15, 0.2) is 16.5 Å². The van der Waals surface area contributed by atoms with E-state index < -0.39 is 0 Å². The fraction of sp³-hybridized carbons (Fsp3) is 0.467. The second-order valence-electron chi connectivity index (χ2n) is 5.40. The molecule has 0 unspecified atom stereocenters. The first-order valence-corrected chi connectivity index (χ1v) is 6.56. The number of phenolic OH excluding ortho intramolecular Hbond substituents is 1. The first-order valence-electron chi connectivity index (χ1n) is 6.56. The molecule has 2 aromatic rings. The van der Waals surface area contributed by atoms with Gasteiger partial charge in [-0.1, -0.05) is 12.1 Å². The third-order valence-electron chi connectivity index (χ3n) is 3.67.